The molecule has 3 aromatic rings. The largest absolute Gasteiger partial charge is 0.0587 e. The van der Waals surface area contributed by atoms with Crippen LogP contribution in [0.3, 0.4) is 0 Å². The number of aryl methyl sites for hydroxylation is 2. The molecule has 0 aliphatic heterocycles. The van der Waals surface area contributed by atoms with E-state index in [4.69, 9.17) is 0 Å². The second kappa shape index (κ2) is 5.34. The van der Waals surface area contributed by atoms with Crippen LogP contribution in [-0.4, -0.2) is 0 Å². The third-order valence-electron chi connectivity index (χ3n) is 3.57. The second-order valence-corrected chi connectivity index (χ2v) is 5.35. The summed E-state index contributed by atoms with van der Waals surface area (Å²) in [5.74, 6) is 0. The maximum Gasteiger partial charge on any atom is -0.0178 e. The minimum absolute atomic E-state index is 1.24. The van der Waals surface area contributed by atoms with Crippen LogP contribution in [0.2, 0.25) is 0 Å². The lowest BCUT2D eigenvalue weighted by atomic mass is 10.0. The Morgan fingerprint density at radius 3 is 1.90 bits per heavy atom. The Hall–Kier alpha value is -2.34. The van der Waals surface area contributed by atoms with Crippen molar-refractivity contribution in [1.82, 2.24) is 0 Å². The Morgan fingerprint density at radius 1 is 0.550 bits per heavy atom. The van der Waals surface area contributed by atoms with Crippen LogP contribution in [0, 0.1) is 13.8 Å². The van der Waals surface area contributed by atoms with Crippen LogP contribution < -0.4 is 0 Å². The van der Waals surface area contributed by atoms with Gasteiger partial charge in [-0.1, -0.05) is 77.9 Å². The fraction of sp³-hybridized carbons (Fsp3) is 0.100. The predicted octanol–water partition coefficient (Wildman–Crippen LogP) is 5.63. The van der Waals surface area contributed by atoms with Gasteiger partial charge in [0, 0.05) is 0 Å². The zero-order valence-corrected chi connectivity index (χ0v) is 11.9. The van der Waals surface area contributed by atoms with Gasteiger partial charge in [-0.05, 0) is 41.8 Å². The van der Waals surface area contributed by atoms with E-state index in [9.17, 15) is 0 Å². The van der Waals surface area contributed by atoms with E-state index in [1.54, 1.807) is 0 Å². The van der Waals surface area contributed by atoms with Crippen LogP contribution in [0.4, 0.5) is 0 Å². The molecule has 0 amide bonds. The summed E-state index contributed by atoms with van der Waals surface area (Å²) in [6, 6.07) is 21.8. The van der Waals surface area contributed by atoms with Crippen LogP contribution >= 0.6 is 0 Å². The van der Waals surface area contributed by atoms with Crippen molar-refractivity contribution in [2.45, 2.75) is 13.8 Å². The minimum atomic E-state index is 1.24. The molecule has 0 fully saturated rings. The van der Waals surface area contributed by atoms with Gasteiger partial charge in [0.1, 0.15) is 0 Å². The molecule has 0 saturated carbocycles. The highest BCUT2D eigenvalue weighted by atomic mass is 14.0. The number of rotatable bonds is 2. The molecule has 0 spiro atoms. The Labute approximate surface area is 120 Å². The summed E-state index contributed by atoms with van der Waals surface area (Å²) < 4.78 is 0. The Kier molecular flexibility index (Phi) is 3.39. The van der Waals surface area contributed by atoms with E-state index in [0.29, 0.717) is 0 Å². The standard InChI is InChI=1S/C20H18/c1-15-3-6-17(7-4-15)8-9-18-10-12-19-13-16(2)5-11-20(19)14-18/h3-14H,1-2H3. The summed E-state index contributed by atoms with van der Waals surface area (Å²) in [6.07, 6.45) is 4.33. The van der Waals surface area contributed by atoms with E-state index in [2.05, 4.69) is 86.7 Å². The molecule has 0 aliphatic carbocycles. The highest BCUT2D eigenvalue weighted by molar-refractivity contribution is 5.86. The molecule has 0 aromatic heterocycles. The van der Waals surface area contributed by atoms with Crippen LogP contribution in [0.15, 0.2) is 60.7 Å². The van der Waals surface area contributed by atoms with E-state index in [-0.39, 0.29) is 0 Å². The molecular formula is C20H18. The Morgan fingerprint density at radius 2 is 1.10 bits per heavy atom. The van der Waals surface area contributed by atoms with Gasteiger partial charge in [0.25, 0.3) is 0 Å². The average molecular weight is 258 g/mol. The normalized spacial score (nSPS) is 11.3. The maximum absolute atomic E-state index is 2.24. The number of hydrogen-bond acceptors (Lipinski definition) is 0. The number of benzene rings is 3. The number of hydrogen-bond donors (Lipinski definition) is 0. The fourth-order valence-corrected chi connectivity index (χ4v) is 2.36. The molecule has 0 N–H and O–H groups in total. The lowest BCUT2D eigenvalue weighted by molar-refractivity contribution is 1.46. The molecule has 98 valence electrons. The van der Waals surface area contributed by atoms with Gasteiger partial charge in [-0.25, -0.2) is 0 Å². The molecule has 0 saturated heterocycles. The molecule has 0 aliphatic rings. The maximum atomic E-state index is 2.24. The van der Waals surface area contributed by atoms with Crippen molar-refractivity contribution in [2.24, 2.45) is 0 Å². The molecule has 0 heteroatoms. The molecule has 3 aromatic carbocycles. The highest BCUT2D eigenvalue weighted by Gasteiger charge is 1.95. The monoisotopic (exact) mass is 258 g/mol. The first-order chi connectivity index (χ1) is 9.70. The smallest absolute Gasteiger partial charge is 0.0178 e. The van der Waals surface area contributed by atoms with Crippen LogP contribution in [0.5, 0.6) is 0 Å². The third-order valence-corrected chi connectivity index (χ3v) is 3.57. The van der Waals surface area contributed by atoms with Gasteiger partial charge in [0.05, 0.1) is 0 Å². The number of fused-ring (bicyclic) bond motifs is 1. The van der Waals surface area contributed by atoms with Crippen molar-refractivity contribution in [2.75, 3.05) is 0 Å². The SMILES string of the molecule is Cc1ccc(C=Cc2ccc3cc(C)ccc3c2)cc1. The summed E-state index contributed by atoms with van der Waals surface area (Å²) in [5, 5.41) is 2.60. The lowest BCUT2D eigenvalue weighted by Gasteiger charge is -2.01. The fourth-order valence-electron chi connectivity index (χ4n) is 2.36. The van der Waals surface area contributed by atoms with Crippen molar-refractivity contribution in [3.05, 3.63) is 82.9 Å². The Bertz CT molecular complexity index is 762. The average Bonchev–Trinajstić information content (AvgIpc) is 2.46. The van der Waals surface area contributed by atoms with Gasteiger partial charge in [0.15, 0.2) is 0 Å². The Balaban J connectivity index is 1.90. The predicted molar refractivity (Wildman–Crippen MR) is 88.8 cm³/mol. The quantitative estimate of drug-likeness (QED) is 0.523. The first-order valence-electron chi connectivity index (χ1n) is 6.96. The van der Waals surface area contributed by atoms with E-state index in [1.807, 2.05) is 0 Å². The summed E-state index contributed by atoms with van der Waals surface area (Å²) in [4.78, 5) is 0. The summed E-state index contributed by atoms with van der Waals surface area (Å²) in [5.41, 5.74) is 5.07. The zero-order valence-electron chi connectivity index (χ0n) is 11.9. The van der Waals surface area contributed by atoms with E-state index < -0.39 is 0 Å². The molecule has 0 unspecified atom stereocenters. The molecule has 0 atom stereocenters. The highest BCUT2D eigenvalue weighted by Crippen LogP contribution is 2.19. The zero-order chi connectivity index (χ0) is 13.9. The molecule has 20 heavy (non-hydrogen) atoms. The van der Waals surface area contributed by atoms with Crippen LogP contribution in [0.25, 0.3) is 22.9 Å². The molecule has 0 heterocycles. The third kappa shape index (κ3) is 2.80. The molecule has 0 bridgehead atoms. The van der Waals surface area contributed by atoms with Gasteiger partial charge < -0.3 is 0 Å². The first-order valence-corrected chi connectivity index (χ1v) is 6.96. The lowest BCUT2D eigenvalue weighted by Crippen LogP contribution is -1.78. The molecular weight excluding hydrogens is 240 g/mol. The van der Waals surface area contributed by atoms with Crippen LogP contribution in [-0.2, 0) is 0 Å². The molecule has 0 radical (unpaired) electrons. The van der Waals surface area contributed by atoms with Crippen molar-refractivity contribution in [1.29, 1.82) is 0 Å². The van der Waals surface area contributed by atoms with Gasteiger partial charge in [-0.3, -0.25) is 0 Å². The van der Waals surface area contributed by atoms with Crippen molar-refractivity contribution >= 4 is 22.9 Å². The topological polar surface area (TPSA) is 0 Å². The second-order valence-electron chi connectivity index (χ2n) is 5.35. The van der Waals surface area contributed by atoms with Crippen LogP contribution in [0.1, 0.15) is 22.3 Å². The van der Waals surface area contributed by atoms with Gasteiger partial charge >= 0.3 is 0 Å². The molecule has 3 rings (SSSR count). The first kappa shape index (κ1) is 12.7. The van der Waals surface area contributed by atoms with Gasteiger partial charge in [-0.2, -0.15) is 0 Å². The van der Waals surface area contributed by atoms with Crippen molar-refractivity contribution < 1.29 is 0 Å². The molecule has 0 nitrogen and oxygen atoms in total. The van der Waals surface area contributed by atoms with E-state index >= 15 is 0 Å². The van der Waals surface area contributed by atoms with Crippen molar-refractivity contribution in [3.8, 4) is 0 Å². The summed E-state index contributed by atoms with van der Waals surface area (Å²) >= 11 is 0. The van der Waals surface area contributed by atoms with Crippen molar-refractivity contribution in [3.63, 3.8) is 0 Å². The van der Waals surface area contributed by atoms with E-state index in [0.717, 1.165) is 0 Å². The van der Waals surface area contributed by atoms with Gasteiger partial charge in [-0.15, -0.1) is 0 Å². The van der Waals surface area contributed by atoms with E-state index in [1.165, 1.54) is 33.0 Å². The summed E-state index contributed by atoms with van der Waals surface area (Å²) in [7, 11) is 0. The minimum Gasteiger partial charge on any atom is -0.0587 e. The van der Waals surface area contributed by atoms with Gasteiger partial charge in [0.2, 0.25) is 0 Å². The summed E-state index contributed by atoms with van der Waals surface area (Å²) in [6.45, 7) is 4.24.